The third-order valence-electron chi connectivity index (χ3n) is 4.01. The molecule has 2 aromatic rings. The van der Waals surface area contributed by atoms with E-state index in [2.05, 4.69) is 4.99 Å². The number of hydrogen-bond donors (Lipinski definition) is 1. The van der Waals surface area contributed by atoms with Gasteiger partial charge in [-0.1, -0.05) is 78.0 Å². The Morgan fingerprint density at radius 1 is 1.13 bits per heavy atom. The van der Waals surface area contributed by atoms with Gasteiger partial charge < -0.3 is 9.84 Å². The van der Waals surface area contributed by atoms with Gasteiger partial charge in [-0.2, -0.15) is 0 Å². The van der Waals surface area contributed by atoms with Crippen molar-refractivity contribution in [3.63, 3.8) is 0 Å². The number of thioether (sulfide) groups is 1. The van der Waals surface area contributed by atoms with Crippen molar-refractivity contribution >= 4 is 46.4 Å². The van der Waals surface area contributed by atoms with Gasteiger partial charge in [-0.3, -0.25) is 4.79 Å². The number of aliphatic hydroxyl groups excluding tert-OH is 1. The summed E-state index contributed by atoms with van der Waals surface area (Å²) in [4.78, 5) is 29.4. The summed E-state index contributed by atoms with van der Waals surface area (Å²) >= 11 is 7.08. The predicted molar refractivity (Wildman–Crippen MR) is 121 cm³/mol. The largest absolute Gasteiger partial charge is 0.506 e. The van der Waals surface area contributed by atoms with Crippen molar-refractivity contribution in [1.82, 2.24) is 0 Å². The highest BCUT2D eigenvalue weighted by Crippen LogP contribution is 2.38. The predicted octanol–water partition coefficient (Wildman–Crippen LogP) is 5.60. The second-order valence-corrected chi connectivity index (χ2v) is 7.49. The van der Waals surface area contributed by atoms with Gasteiger partial charge in [-0.05, 0) is 30.7 Å². The number of carbonyl (C=O) groups is 2. The molecule has 0 unspecified atom stereocenters. The monoisotopic (exact) mass is 439 g/mol. The van der Waals surface area contributed by atoms with Gasteiger partial charge in [0.2, 0.25) is 0 Å². The zero-order valence-corrected chi connectivity index (χ0v) is 17.6. The molecule has 0 radical (unpaired) electrons. The van der Waals surface area contributed by atoms with Crippen LogP contribution in [0.1, 0.15) is 22.8 Å². The number of hydrogen-bond acceptors (Lipinski definition) is 5. The third kappa shape index (κ3) is 5.09. The average Bonchev–Trinajstić information content (AvgIpc) is 3.04. The zero-order valence-electron chi connectivity index (χ0n) is 16.0. The summed E-state index contributed by atoms with van der Waals surface area (Å²) in [6.07, 6.45) is 5.25. The number of aliphatic imine (C=N–C) groups is 1. The van der Waals surface area contributed by atoms with Crippen molar-refractivity contribution in [2.24, 2.45) is 4.99 Å². The molecule has 1 aliphatic heterocycles. The summed E-state index contributed by atoms with van der Waals surface area (Å²) in [5.74, 6) is -1.63. The molecule has 7 heteroatoms. The van der Waals surface area contributed by atoms with Crippen LogP contribution in [-0.2, 0) is 9.53 Å². The Bertz CT molecular complexity index is 1090. The number of carbonyl (C=O) groups excluding carboxylic acids is 2. The number of benzene rings is 2. The summed E-state index contributed by atoms with van der Waals surface area (Å²) < 4.78 is 5.03. The lowest BCUT2D eigenvalue weighted by Gasteiger charge is -2.04. The SMILES string of the molecule is CCOC(=O)C1=C(O)/C(=C/C=C/c2ccccc2)SC1=NC(=O)c1ccccc1Cl. The Balaban J connectivity index is 1.94. The number of aliphatic hydroxyl groups is 1. The topological polar surface area (TPSA) is 76.0 Å². The van der Waals surface area contributed by atoms with E-state index in [-0.39, 0.29) is 33.6 Å². The molecule has 0 fully saturated rings. The highest BCUT2D eigenvalue weighted by Gasteiger charge is 2.33. The van der Waals surface area contributed by atoms with E-state index >= 15 is 0 Å². The van der Waals surface area contributed by atoms with Gasteiger partial charge in [-0.25, -0.2) is 9.79 Å². The van der Waals surface area contributed by atoms with Crippen molar-refractivity contribution in [2.45, 2.75) is 6.92 Å². The van der Waals surface area contributed by atoms with Gasteiger partial charge in [0, 0.05) is 0 Å². The Morgan fingerprint density at radius 3 is 2.53 bits per heavy atom. The third-order valence-corrected chi connectivity index (χ3v) is 5.38. The maximum absolute atomic E-state index is 12.6. The zero-order chi connectivity index (χ0) is 21.5. The molecular formula is C23H18ClNO4S. The normalized spacial score (nSPS) is 16.6. The van der Waals surface area contributed by atoms with Gasteiger partial charge in [0.1, 0.15) is 16.4 Å². The number of allylic oxidation sites excluding steroid dienone is 2. The quantitative estimate of drug-likeness (QED) is 0.614. The minimum absolute atomic E-state index is 0.0650. The molecule has 3 rings (SSSR count). The summed E-state index contributed by atoms with van der Waals surface area (Å²) in [6.45, 7) is 1.78. The molecule has 0 aromatic heterocycles. The first-order valence-corrected chi connectivity index (χ1v) is 10.3. The summed E-state index contributed by atoms with van der Waals surface area (Å²) in [5.41, 5.74) is 1.05. The molecule has 0 saturated heterocycles. The molecule has 5 nitrogen and oxygen atoms in total. The highest BCUT2D eigenvalue weighted by atomic mass is 35.5. The van der Waals surface area contributed by atoms with Gasteiger partial charge >= 0.3 is 5.97 Å². The van der Waals surface area contributed by atoms with Crippen molar-refractivity contribution in [2.75, 3.05) is 6.61 Å². The average molecular weight is 440 g/mol. The first-order valence-electron chi connectivity index (χ1n) is 9.11. The molecule has 1 N–H and O–H groups in total. The van der Waals surface area contributed by atoms with Gasteiger partial charge in [0.25, 0.3) is 5.91 Å². The Morgan fingerprint density at radius 2 is 1.83 bits per heavy atom. The molecule has 152 valence electrons. The summed E-state index contributed by atoms with van der Waals surface area (Å²) in [7, 11) is 0. The molecule has 0 aliphatic carbocycles. The Kier molecular flexibility index (Phi) is 7.27. The van der Waals surface area contributed by atoms with Crippen LogP contribution in [0.5, 0.6) is 0 Å². The number of ether oxygens (including phenoxy) is 1. The van der Waals surface area contributed by atoms with E-state index in [1.54, 1.807) is 43.3 Å². The van der Waals surface area contributed by atoms with E-state index in [1.807, 2.05) is 36.4 Å². The number of esters is 1. The van der Waals surface area contributed by atoms with E-state index in [1.165, 1.54) is 0 Å². The number of nitrogens with zero attached hydrogens (tertiary/aromatic N) is 1. The standard InChI is InChI=1S/C23H18ClNO4S/c1-2-29-23(28)19-20(26)18(14-8-11-15-9-4-3-5-10-15)30-22(19)25-21(27)16-12-6-7-13-17(16)24/h3-14,26H,2H2,1H3/b11-8+,18-14-,25-22?. The molecule has 0 bridgehead atoms. The molecule has 1 amide bonds. The van der Waals surface area contributed by atoms with Crippen molar-refractivity contribution in [3.8, 4) is 0 Å². The van der Waals surface area contributed by atoms with E-state index in [4.69, 9.17) is 16.3 Å². The first kappa shape index (κ1) is 21.6. The first-order chi connectivity index (χ1) is 14.5. The van der Waals surface area contributed by atoms with Crippen molar-refractivity contribution < 1.29 is 19.4 Å². The van der Waals surface area contributed by atoms with Crippen LogP contribution in [0.15, 0.2) is 88.0 Å². The molecule has 1 heterocycles. The second kappa shape index (κ2) is 10.1. The highest BCUT2D eigenvalue weighted by molar-refractivity contribution is 8.18. The minimum atomic E-state index is -0.747. The summed E-state index contributed by atoms with van der Waals surface area (Å²) in [5, 5.41) is 10.9. The van der Waals surface area contributed by atoms with Gasteiger partial charge in [0.15, 0.2) is 0 Å². The van der Waals surface area contributed by atoms with Crippen LogP contribution in [0, 0.1) is 0 Å². The molecule has 30 heavy (non-hydrogen) atoms. The van der Waals surface area contributed by atoms with Crippen LogP contribution in [0.3, 0.4) is 0 Å². The smallest absolute Gasteiger partial charge is 0.344 e. The van der Waals surface area contributed by atoms with Crippen LogP contribution < -0.4 is 0 Å². The lowest BCUT2D eigenvalue weighted by molar-refractivity contribution is -0.138. The van der Waals surface area contributed by atoms with E-state index in [0.717, 1.165) is 17.3 Å². The van der Waals surface area contributed by atoms with E-state index < -0.39 is 11.9 Å². The van der Waals surface area contributed by atoms with E-state index in [9.17, 15) is 14.7 Å². The van der Waals surface area contributed by atoms with Gasteiger partial charge in [-0.15, -0.1) is 0 Å². The lowest BCUT2D eigenvalue weighted by Crippen LogP contribution is -2.14. The molecule has 2 aromatic carbocycles. The number of amides is 1. The Labute approximate surface area is 183 Å². The maximum atomic E-state index is 12.6. The molecule has 0 saturated carbocycles. The summed E-state index contributed by atoms with van der Waals surface area (Å²) in [6, 6.07) is 16.1. The van der Waals surface area contributed by atoms with Crippen LogP contribution in [-0.4, -0.2) is 28.6 Å². The maximum Gasteiger partial charge on any atom is 0.344 e. The van der Waals surface area contributed by atoms with Crippen LogP contribution >= 0.6 is 23.4 Å². The molecule has 1 aliphatic rings. The fourth-order valence-electron chi connectivity index (χ4n) is 2.60. The van der Waals surface area contributed by atoms with Crippen LogP contribution in [0.25, 0.3) is 6.08 Å². The minimum Gasteiger partial charge on any atom is -0.506 e. The fourth-order valence-corrected chi connectivity index (χ4v) is 3.79. The number of rotatable bonds is 5. The lowest BCUT2D eigenvalue weighted by atomic mass is 10.2. The fraction of sp³-hybridized carbons (Fsp3) is 0.0870. The Hall–Kier alpha value is -3.09. The van der Waals surface area contributed by atoms with Crippen molar-refractivity contribution in [3.05, 3.63) is 99.1 Å². The molecule has 0 atom stereocenters. The van der Waals surface area contributed by atoms with Gasteiger partial charge in [0.05, 0.1) is 22.1 Å². The van der Waals surface area contributed by atoms with Crippen LogP contribution in [0.2, 0.25) is 5.02 Å². The van der Waals surface area contributed by atoms with Crippen LogP contribution in [0.4, 0.5) is 0 Å². The number of halogens is 1. The second-order valence-electron chi connectivity index (χ2n) is 6.05. The molecular weight excluding hydrogens is 422 g/mol. The molecule has 0 spiro atoms. The van der Waals surface area contributed by atoms with E-state index in [0.29, 0.717) is 4.91 Å². The van der Waals surface area contributed by atoms with Crippen molar-refractivity contribution in [1.29, 1.82) is 0 Å².